The first kappa shape index (κ1) is 8.48. The lowest BCUT2D eigenvalue weighted by Crippen LogP contribution is -2.06. The van der Waals surface area contributed by atoms with Gasteiger partial charge in [-0.1, -0.05) is 23.2 Å². The van der Waals surface area contributed by atoms with E-state index in [1.54, 1.807) is 0 Å². The summed E-state index contributed by atoms with van der Waals surface area (Å²) >= 11 is 16.4. The Balaban J connectivity index is 2.99. The van der Waals surface area contributed by atoms with Crippen LogP contribution in [-0.4, -0.2) is 0 Å². The van der Waals surface area contributed by atoms with E-state index < -0.39 is 6.49 Å². The quantitative estimate of drug-likeness (QED) is 0.500. The Hall–Kier alpha value is 0.380. The molecular weight excluding hydrogens is 215 g/mol. The molecule has 0 amide bonds. The second kappa shape index (κ2) is 2.78. The lowest BCUT2D eigenvalue weighted by atomic mass is 10.9. The third-order valence-corrected chi connectivity index (χ3v) is 3.34. The third-order valence-electron chi connectivity index (χ3n) is 0.818. The van der Waals surface area contributed by atoms with Crippen LogP contribution < -0.4 is 5.32 Å². The molecule has 2 nitrogen and oxygen atoms in total. The fourth-order valence-corrected chi connectivity index (χ4v) is 3.35. The molecule has 1 heterocycles. The predicted molar refractivity (Wildman–Crippen MR) is 44.5 cm³/mol. The van der Waals surface area contributed by atoms with Crippen LogP contribution in [0.25, 0.3) is 0 Å². The topological polar surface area (TPSA) is 29.1 Å². The molecule has 6 heteroatoms. The smallest absolute Gasteiger partial charge is 0.217 e. The highest BCUT2D eigenvalue weighted by atomic mass is 35.7. The molecule has 1 aliphatic heterocycles. The highest BCUT2D eigenvalue weighted by Crippen LogP contribution is 2.57. The Morgan fingerprint density at radius 1 is 1.30 bits per heavy atom. The Bertz CT molecular complexity index is 237. The molecule has 0 aromatic carbocycles. The van der Waals surface area contributed by atoms with E-state index >= 15 is 0 Å². The maximum atomic E-state index is 11.1. The number of halogens is 3. The first-order valence-electron chi connectivity index (χ1n) is 2.32. The molecule has 0 fully saturated rings. The Morgan fingerprint density at radius 3 is 2.00 bits per heavy atom. The van der Waals surface area contributed by atoms with Gasteiger partial charge < -0.3 is 5.32 Å². The van der Waals surface area contributed by atoms with E-state index in [1.165, 1.54) is 11.6 Å². The van der Waals surface area contributed by atoms with Gasteiger partial charge in [-0.15, -0.1) is 0 Å². The molecular formula is C4H3Cl3NOP. The summed E-state index contributed by atoms with van der Waals surface area (Å²) in [6, 6.07) is 0. The molecule has 0 aromatic rings. The van der Waals surface area contributed by atoms with E-state index in [1.807, 2.05) is 0 Å². The van der Waals surface area contributed by atoms with Crippen molar-refractivity contribution in [1.29, 1.82) is 0 Å². The van der Waals surface area contributed by atoms with Crippen LogP contribution in [0.15, 0.2) is 21.9 Å². The molecule has 1 aliphatic rings. The van der Waals surface area contributed by atoms with Gasteiger partial charge >= 0.3 is 0 Å². The van der Waals surface area contributed by atoms with Crippen LogP contribution in [0.2, 0.25) is 0 Å². The summed E-state index contributed by atoms with van der Waals surface area (Å²) in [5, 5.41) is 2.93. The van der Waals surface area contributed by atoms with Crippen molar-refractivity contribution in [2.24, 2.45) is 0 Å². The molecule has 0 aromatic heterocycles. The van der Waals surface area contributed by atoms with Gasteiger partial charge in [-0.25, -0.2) is 0 Å². The van der Waals surface area contributed by atoms with Crippen molar-refractivity contribution in [2.75, 3.05) is 0 Å². The third kappa shape index (κ3) is 2.21. The molecule has 0 bridgehead atoms. The maximum absolute atomic E-state index is 11.1. The highest BCUT2D eigenvalue weighted by molar-refractivity contribution is 7.94. The number of hydrogen-bond donors (Lipinski definition) is 1. The van der Waals surface area contributed by atoms with Gasteiger partial charge in [0.05, 0.1) is 0 Å². The lowest BCUT2D eigenvalue weighted by molar-refractivity contribution is 0.593. The molecule has 1 rings (SSSR count). The molecule has 0 spiro atoms. The van der Waals surface area contributed by atoms with Crippen LogP contribution in [-0.2, 0) is 4.57 Å². The largest absolute Gasteiger partial charge is 0.336 e. The summed E-state index contributed by atoms with van der Waals surface area (Å²) < 4.78 is 11.1. The van der Waals surface area contributed by atoms with E-state index in [-0.39, 0.29) is 10.3 Å². The maximum Gasteiger partial charge on any atom is 0.217 e. The molecule has 10 heavy (non-hydrogen) atoms. The molecule has 0 atom stereocenters. The van der Waals surface area contributed by atoms with Gasteiger partial charge in [0, 0.05) is 11.6 Å². The van der Waals surface area contributed by atoms with Gasteiger partial charge in [-0.3, -0.25) is 4.57 Å². The van der Waals surface area contributed by atoms with Crippen LogP contribution in [0.4, 0.5) is 0 Å². The molecule has 0 saturated heterocycles. The van der Waals surface area contributed by atoms with Gasteiger partial charge in [0.25, 0.3) is 0 Å². The molecule has 56 valence electrons. The summed E-state index contributed by atoms with van der Waals surface area (Å²) in [5.74, 6) is 2.48. The zero-order valence-corrected chi connectivity index (χ0v) is 7.81. The minimum atomic E-state index is -2.88. The van der Waals surface area contributed by atoms with E-state index in [9.17, 15) is 4.57 Å². The number of hydrogen-bond acceptors (Lipinski definition) is 2. The van der Waals surface area contributed by atoms with Gasteiger partial charge in [-0.05, 0) is 11.2 Å². The van der Waals surface area contributed by atoms with Gasteiger partial charge in [0.1, 0.15) is 10.3 Å². The van der Waals surface area contributed by atoms with Crippen LogP contribution in [0.5, 0.6) is 0 Å². The highest BCUT2D eigenvalue weighted by Gasteiger charge is 2.18. The Morgan fingerprint density at radius 2 is 1.70 bits per heavy atom. The van der Waals surface area contributed by atoms with Crippen molar-refractivity contribution < 1.29 is 4.57 Å². The normalized spacial score (nSPS) is 22.7. The first-order chi connectivity index (χ1) is 4.49. The van der Waals surface area contributed by atoms with Gasteiger partial charge in [-0.2, -0.15) is 0 Å². The predicted octanol–water partition coefficient (Wildman–Crippen LogP) is 3.18. The van der Waals surface area contributed by atoms with Gasteiger partial charge in [0.15, 0.2) is 0 Å². The van der Waals surface area contributed by atoms with Crippen LogP contribution in [0.3, 0.4) is 0 Å². The average Bonchev–Trinajstić information content (AvgIpc) is 1.54. The van der Waals surface area contributed by atoms with Gasteiger partial charge in [0.2, 0.25) is 6.49 Å². The molecule has 0 unspecified atom stereocenters. The fraction of sp³-hybridized carbons (Fsp3) is 0. The monoisotopic (exact) mass is 217 g/mol. The van der Waals surface area contributed by atoms with Crippen LogP contribution in [0.1, 0.15) is 0 Å². The number of rotatable bonds is 0. The minimum Gasteiger partial charge on any atom is -0.336 e. The molecule has 0 radical (unpaired) electrons. The first-order valence-corrected chi connectivity index (χ1v) is 5.83. The Kier molecular flexibility index (Phi) is 2.36. The lowest BCUT2D eigenvalue weighted by Gasteiger charge is -2.10. The summed E-state index contributed by atoms with van der Waals surface area (Å²) in [7, 11) is 0. The summed E-state index contributed by atoms with van der Waals surface area (Å²) in [6.07, 6.45) is 0. The standard InChI is InChI=1S/C4H3Cl3NOP/c5-3-1-10(7,9)2-4(6)8-3/h1-2,8H. The van der Waals surface area contributed by atoms with Crippen molar-refractivity contribution in [3.05, 3.63) is 21.9 Å². The zero-order valence-electron chi connectivity index (χ0n) is 4.64. The average molecular weight is 218 g/mol. The Labute approximate surface area is 73.0 Å². The fourth-order valence-electron chi connectivity index (χ4n) is 0.525. The van der Waals surface area contributed by atoms with Crippen molar-refractivity contribution in [3.63, 3.8) is 0 Å². The minimum absolute atomic E-state index is 0.200. The molecule has 0 aliphatic carbocycles. The zero-order chi connectivity index (χ0) is 7.78. The molecule has 0 saturated carbocycles. The van der Waals surface area contributed by atoms with E-state index in [0.717, 1.165) is 0 Å². The van der Waals surface area contributed by atoms with E-state index in [0.29, 0.717) is 0 Å². The molecule has 1 N–H and O–H groups in total. The second-order valence-corrected chi connectivity index (χ2v) is 5.87. The van der Waals surface area contributed by atoms with Crippen LogP contribution >= 0.6 is 40.9 Å². The summed E-state index contributed by atoms with van der Waals surface area (Å²) in [5.41, 5.74) is 0. The summed E-state index contributed by atoms with van der Waals surface area (Å²) in [4.78, 5) is 0. The van der Waals surface area contributed by atoms with E-state index in [2.05, 4.69) is 5.32 Å². The van der Waals surface area contributed by atoms with Crippen molar-refractivity contribution in [2.45, 2.75) is 0 Å². The van der Waals surface area contributed by atoms with Crippen LogP contribution in [0, 0.1) is 0 Å². The van der Waals surface area contributed by atoms with Crippen molar-refractivity contribution in [1.82, 2.24) is 5.32 Å². The van der Waals surface area contributed by atoms with E-state index in [4.69, 9.17) is 34.4 Å². The SMILES string of the molecule is O=P1(Cl)C=C(Cl)NC(Cl)=C1. The van der Waals surface area contributed by atoms with Crippen molar-refractivity contribution >= 4 is 40.9 Å². The number of nitrogens with one attached hydrogen (secondary N) is 1. The van der Waals surface area contributed by atoms with Crippen molar-refractivity contribution in [3.8, 4) is 0 Å². The second-order valence-electron chi connectivity index (χ2n) is 1.70. The summed E-state index contributed by atoms with van der Waals surface area (Å²) in [6.45, 7) is -2.88.